The Morgan fingerprint density at radius 2 is 1.95 bits per heavy atom. The molecule has 100 valence electrons. The molecule has 0 aliphatic carbocycles. The Morgan fingerprint density at radius 1 is 1.21 bits per heavy atom. The molecule has 0 aliphatic heterocycles. The fourth-order valence-corrected chi connectivity index (χ4v) is 3.89. The summed E-state index contributed by atoms with van der Waals surface area (Å²) in [6.07, 6.45) is 0. The smallest absolute Gasteiger partial charge is 0.345 e. The highest BCUT2D eigenvalue weighted by molar-refractivity contribution is 7.84. The summed E-state index contributed by atoms with van der Waals surface area (Å²) in [5.41, 5.74) is 2.29. The third-order valence-electron chi connectivity index (χ3n) is 2.89. The maximum atomic E-state index is 12.2. The third-order valence-corrected chi connectivity index (χ3v) is 5.50. The summed E-state index contributed by atoms with van der Waals surface area (Å²) in [6, 6.07) is 9.04. The molecule has 1 heterocycles. The number of carbonyl (C=O) groups is 1. The minimum atomic E-state index is -1.14. The molecule has 1 aromatic heterocycles. The molecular formula is C14H14O3S2. The van der Waals surface area contributed by atoms with E-state index in [4.69, 9.17) is 5.11 Å². The molecule has 1 N–H and O–H groups in total. The molecule has 5 heteroatoms. The lowest BCUT2D eigenvalue weighted by Crippen LogP contribution is -1.96. The Labute approximate surface area is 118 Å². The lowest BCUT2D eigenvalue weighted by Gasteiger charge is -2.04. The first kappa shape index (κ1) is 14.0. The van der Waals surface area contributed by atoms with Gasteiger partial charge in [-0.05, 0) is 49.2 Å². The number of benzene rings is 1. The largest absolute Gasteiger partial charge is 0.477 e. The van der Waals surface area contributed by atoms with Gasteiger partial charge in [-0.3, -0.25) is 4.21 Å². The van der Waals surface area contributed by atoms with Crippen LogP contribution in [0.2, 0.25) is 0 Å². The number of carboxylic acid groups (broad SMARTS) is 1. The SMILES string of the molecule is Cc1ccc(S(=O)Cc2ccc(C(=O)O)s2)cc1C. The Morgan fingerprint density at radius 3 is 2.53 bits per heavy atom. The van der Waals surface area contributed by atoms with Crippen molar-refractivity contribution in [2.45, 2.75) is 24.5 Å². The van der Waals surface area contributed by atoms with Crippen molar-refractivity contribution in [2.75, 3.05) is 0 Å². The van der Waals surface area contributed by atoms with Crippen LogP contribution in [0.15, 0.2) is 35.2 Å². The normalized spacial score (nSPS) is 12.3. The topological polar surface area (TPSA) is 54.4 Å². The van der Waals surface area contributed by atoms with E-state index in [0.717, 1.165) is 15.3 Å². The van der Waals surface area contributed by atoms with Gasteiger partial charge < -0.3 is 5.11 Å². The van der Waals surface area contributed by atoms with Crippen LogP contribution in [0, 0.1) is 13.8 Å². The Balaban J connectivity index is 2.15. The van der Waals surface area contributed by atoms with Crippen LogP contribution in [0.25, 0.3) is 0 Å². The Hall–Kier alpha value is -1.46. The predicted molar refractivity (Wildman–Crippen MR) is 77.3 cm³/mol. The molecular weight excluding hydrogens is 280 g/mol. The van der Waals surface area contributed by atoms with E-state index in [0.29, 0.717) is 5.75 Å². The highest BCUT2D eigenvalue weighted by Gasteiger charge is 2.11. The van der Waals surface area contributed by atoms with Crippen molar-refractivity contribution in [1.82, 2.24) is 0 Å². The zero-order valence-corrected chi connectivity index (χ0v) is 12.3. The van der Waals surface area contributed by atoms with Crippen LogP contribution in [0.4, 0.5) is 0 Å². The van der Waals surface area contributed by atoms with Crippen molar-refractivity contribution in [3.63, 3.8) is 0 Å². The lowest BCUT2D eigenvalue weighted by molar-refractivity contribution is 0.0702. The summed E-state index contributed by atoms with van der Waals surface area (Å²) < 4.78 is 12.2. The van der Waals surface area contributed by atoms with Gasteiger partial charge in [0.1, 0.15) is 4.88 Å². The van der Waals surface area contributed by atoms with Crippen molar-refractivity contribution >= 4 is 28.1 Å². The van der Waals surface area contributed by atoms with Crippen molar-refractivity contribution in [3.8, 4) is 0 Å². The lowest BCUT2D eigenvalue weighted by atomic mass is 10.1. The molecule has 19 heavy (non-hydrogen) atoms. The molecule has 2 rings (SSSR count). The van der Waals surface area contributed by atoms with Crippen molar-refractivity contribution in [3.05, 3.63) is 51.2 Å². The van der Waals surface area contributed by atoms with Gasteiger partial charge in [-0.15, -0.1) is 11.3 Å². The summed E-state index contributed by atoms with van der Waals surface area (Å²) in [5.74, 6) is -0.575. The zero-order valence-electron chi connectivity index (χ0n) is 10.7. The number of thiophene rings is 1. The van der Waals surface area contributed by atoms with E-state index in [1.807, 2.05) is 32.0 Å². The highest BCUT2D eigenvalue weighted by atomic mass is 32.2. The van der Waals surface area contributed by atoms with E-state index < -0.39 is 16.8 Å². The van der Waals surface area contributed by atoms with Gasteiger partial charge in [0.25, 0.3) is 0 Å². The number of carboxylic acids is 1. The summed E-state index contributed by atoms with van der Waals surface area (Å²) >= 11 is 1.18. The van der Waals surface area contributed by atoms with Crippen molar-refractivity contribution in [1.29, 1.82) is 0 Å². The quantitative estimate of drug-likeness (QED) is 0.940. The zero-order chi connectivity index (χ0) is 14.0. The molecule has 0 radical (unpaired) electrons. The van der Waals surface area contributed by atoms with Gasteiger partial charge in [0.2, 0.25) is 0 Å². The molecule has 0 saturated carbocycles. The fraction of sp³-hybridized carbons (Fsp3) is 0.214. The second-order valence-corrected chi connectivity index (χ2v) is 6.93. The first-order chi connectivity index (χ1) is 8.97. The molecule has 0 bridgehead atoms. The molecule has 0 saturated heterocycles. The molecule has 0 fully saturated rings. The van der Waals surface area contributed by atoms with Gasteiger partial charge in [0.15, 0.2) is 0 Å². The molecule has 3 nitrogen and oxygen atoms in total. The molecule has 0 spiro atoms. The average molecular weight is 294 g/mol. The minimum absolute atomic E-state index is 0.284. The van der Waals surface area contributed by atoms with Crippen molar-refractivity contribution < 1.29 is 14.1 Å². The summed E-state index contributed by atoms with van der Waals surface area (Å²) in [7, 11) is -1.14. The number of hydrogen-bond acceptors (Lipinski definition) is 3. The molecule has 1 aromatic carbocycles. The number of aryl methyl sites for hydroxylation is 2. The van der Waals surface area contributed by atoms with E-state index in [2.05, 4.69) is 0 Å². The Kier molecular flexibility index (Phi) is 4.17. The molecule has 0 aliphatic rings. The van der Waals surface area contributed by atoms with Crippen LogP contribution in [-0.2, 0) is 16.6 Å². The third kappa shape index (κ3) is 3.30. The molecule has 1 atom stereocenters. The van der Waals surface area contributed by atoms with Gasteiger partial charge in [-0.25, -0.2) is 4.79 Å². The van der Waals surface area contributed by atoms with E-state index in [-0.39, 0.29) is 4.88 Å². The highest BCUT2D eigenvalue weighted by Crippen LogP contribution is 2.21. The summed E-state index contributed by atoms with van der Waals surface area (Å²) in [5, 5.41) is 8.85. The van der Waals surface area contributed by atoms with Crippen molar-refractivity contribution in [2.24, 2.45) is 0 Å². The van der Waals surface area contributed by atoms with Crippen LogP contribution in [-0.4, -0.2) is 15.3 Å². The van der Waals surface area contributed by atoms with E-state index in [1.165, 1.54) is 16.9 Å². The standard InChI is InChI=1S/C14H14O3S2/c1-9-3-5-12(7-10(9)2)19(17)8-11-4-6-13(18-11)14(15)16/h3-7H,8H2,1-2H3,(H,15,16). The van der Waals surface area contributed by atoms with Gasteiger partial charge in [0.05, 0.1) is 16.6 Å². The predicted octanol–water partition coefficient (Wildman–Crippen LogP) is 3.37. The van der Waals surface area contributed by atoms with Crippen LogP contribution in [0.1, 0.15) is 25.7 Å². The monoisotopic (exact) mass is 294 g/mol. The van der Waals surface area contributed by atoms with Gasteiger partial charge in [-0.2, -0.15) is 0 Å². The van der Waals surface area contributed by atoms with Crippen LogP contribution in [0.3, 0.4) is 0 Å². The first-order valence-corrected chi connectivity index (χ1v) is 7.88. The molecule has 2 aromatic rings. The number of rotatable bonds is 4. The number of hydrogen-bond donors (Lipinski definition) is 1. The maximum absolute atomic E-state index is 12.2. The second kappa shape index (κ2) is 5.67. The van der Waals surface area contributed by atoms with E-state index >= 15 is 0 Å². The number of aromatic carboxylic acids is 1. The summed E-state index contributed by atoms with van der Waals surface area (Å²) in [4.78, 5) is 12.7. The second-order valence-electron chi connectivity index (χ2n) is 4.31. The van der Waals surface area contributed by atoms with Crippen LogP contribution >= 0.6 is 11.3 Å². The minimum Gasteiger partial charge on any atom is -0.477 e. The van der Waals surface area contributed by atoms with Crippen LogP contribution < -0.4 is 0 Å². The maximum Gasteiger partial charge on any atom is 0.345 e. The Bertz CT molecular complexity index is 644. The van der Waals surface area contributed by atoms with Crippen LogP contribution in [0.5, 0.6) is 0 Å². The van der Waals surface area contributed by atoms with E-state index in [9.17, 15) is 9.00 Å². The summed E-state index contributed by atoms with van der Waals surface area (Å²) in [6.45, 7) is 4.00. The average Bonchev–Trinajstić information content (AvgIpc) is 2.81. The van der Waals surface area contributed by atoms with Gasteiger partial charge in [0, 0.05) is 9.77 Å². The molecule has 0 amide bonds. The fourth-order valence-electron chi connectivity index (χ4n) is 1.64. The first-order valence-electron chi connectivity index (χ1n) is 5.75. The van der Waals surface area contributed by atoms with E-state index in [1.54, 1.807) is 12.1 Å². The van der Waals surface area contributed by atoms with Gasteiger partial charge in [-0.1, -0.05) is 6.07 Å². The molecule has 1 unspecified atom stereocenters. The van der Waals surface area contributed by atoms with Gasteiger partial charge >= 0.3 is 5.97 Å².